The van der Waals surface area contributed by atoms with Crippen molar-refractivity contribution in [2.24, 2.45) is 43.3 Å². The van der Waals surface area contributed by atoms with Crippen LogP contribution in [0.15, 0.2) is 75.0 Å². The molecule has 0 saturated carbocycles. The van der Waals surface area contributed by atoms with E-state index in [4.69, 9.17) is 44.6 Å². The van der Waals surface area contributed by atoms with Crippen molar-refractivity contribution >= 4 is 75.6 Å². The van der Waals surface area contributed by atoms with Crippen molar-refractivity contribution in [3.63, 3.8) is 0 Å². The number of anilines is 3. The molecule has 312 valence electrons. The second-order valence-corrected chi connectivity index (χ2v) is 13.2. The zero-order valence-corrected chi connectivity index (χ0v) is 33.6. The lowest BCUT2D eigenvalue weighted by Crippen LogP contribution is -2.27. The minimum atomic E-state index is -0.524. The lowest BCUT2D eigenvalue weighted by atomic mass is 10.0. The van der Waals surface area contributed by atoms with Crippen LogP contribution in [-0.4, -0.2) is 65.0 Å². The Morgan fingerprint density at radius 2 is 0.780 bits per heavy atom. The molecule has 0 aliphatic heterocycles. The lowest BCUT2D eigenvalue weighted by molar-refractivity contribution is 0.102. The van der Waals surface area contributed by atoms with Gasteiger partial charge >= 0.3 is 0 Å². The first-order chi connectivity index (χ1) is 27.9. The minimum Gasteiger partial charge on any atom is -0.385 e. The third kappa shape index (κ3) is 15.3. The highest BCUT2D eigenvalue weighted by atomic mass is 16.2. The fourth-order valence-electron chi connectivity index (χ4n) is 5.25. The fourth-order valence-corrected chi connectivity index (χ4v) is 5.25. The Kier molecular flexibility index (Phi) is 17.0. The molecule has 3 aromatic rings. The second-order valence-electron chi connectivity index (χ2n) is 13.2. The van der Waals surface area contributed by atoms with Gasteiger partial charge in [-0.15, -0.1) is 0 Å². The van der Waals surface area contributed by atoms with Crippen LogP contribution in [0.2, 0.25) is 0 Å². The van der Waals surface area contributed by atoms with E-state index in [9.17, 15) is 9.59 Å². The highest BCUT2D eigenvalue weighted by molar-refractivity contribution is 6.12. The first-order valence-corrected chi connectivity index (χ1v) is 18.4. The van der Waals surface area contributed by atoms with Crippen LogP contribution in [0.3, 0.4) is 0 Å². The van der Waals surface area contributed by atoms with Crippen LogP contribution in [0, 0.1) is 21.6 Å². The van der Waals surface area contributed by atoms with Gasteiger partial charge in [-0.05, 0) is 88.7 Å². The standard InChI is InChI=1S/C38H53N19O2/c1-6-7-8-9-10-47-30-18-28(33(58)48-31-14-24(20(2)50-54-35(39)40)11-25(15-31)21(3)51-55-36(41)42)13-29(19-30)34(59)49-32-16-26(22(4)52-56-37(43)44)12-27(17-32)23(5)53-57-38(45)46/h11-19,47H,6-10H2,1-5H3,(H,48,58)(H,49,59)(H4,39,40,54)(H4,41,42,55)(H4,43,44,56)(H4,45,46,57)/b50-20-,51-21-,52-22-,53-23+. The van der Waals surface area contributed by atoms with Crippen LogP contribution < -0.4 is 60.6 Å². The average molecular weight is 808 g/mol. The first kappa shape index (κ1) is 45.5. The summed E-state index contributed by atoms with van der Waals surface area (Å²) < 4.78 is 0. The first-order valence-electron chi connectivity index (χ1n) is 18.4. The van der Waals surface area contributed by atoms with E-state index in [1.54, 1.807) is 76.2 Å². The molecule has 21 nitrogen and oxygen atoms in total. The SMILES string of the molecule is CCCCCCNc1cc(C(=O)Nc2cc(/C(C)=N\NC(=N)N)cc(/C(C)=N\NC(=N)N)c2)cc(C(=O)Nc2cc(/C(C)=N\NC(=N)N)cc(/C(C)=N/NC(=N)N)c2)c1. The molecule has 0 atom stereocenters. The van der Waals surface area contributed by atoms with Gasteiger partial charge in [0, 0.05) is 57.0 Å². The van der Waals surface area contributed by atoms with Gasteiger partial charge in [0.2, 0.25) is 23.8 Å². The summed E-state index contributed by atoms with van der Waals surface area (Å²) in [7, 11) is 0. The molecule has 2 amide bonds. The number of nitrogens with two attached hydrogens (primary N) is 4. The molecule has 0 radical (unpaired) electrons. The second kappa shape index (κ2) is 22.0. The molecule has 0 bridgehead atoms. The van der Waals surface area contributed by atoms with Gasteiger partial charge in [-0.25, -0.2) is 21.7 Å². The molecule has 0 aromatic heterocycles. The van der Waals surface area contributed by atoms with Gasteiger partial charge in [0.1, 0.15) is 0 Å². The third-order valence-corrected chi connectivity index (χ3v) is 8.25. The predicted octanol–water partition coefficient (Wildman–Crippen LogP) is 3.01. The summed E-state index contributed by atoms with van der Waals surface area (Å²) >= 11 is 0. The van der Waals surface area contributed by atoms with Crippen molar-refractivity contribution < 1.29 is 9.59 Å². The van der Waals surface area contributed by atoms with Crippen molar-refractivity contribution in [1.82, 2.24) is 21.7 Å². The summed E-state index contributed by atoms with van der Waals surface area (Å²) in [4.78, 5) is 28.1. The number of rotatable bonds is 18. The Bertz CT molecular complexity index is 1960. The maximum atomic E-state index is 14.0. The predicted molar refractivity (Wildman–Crippen MR) is 237 cm³/mol. The van der Waals surface area contributed by atoms with E-state index in [1.165, 1.54) is 6.07 Å². The normalized spacial score (nSPS) is 11.9. The Labute approximate surface area is 342 Å². The average Bonchev–Trinajstić information content (AvgIpc) is 3.19. The number of carbonyl (C=O) groups excluding carboxylic acids is 2. The number of nitrogens with zero attached hydrogens (tertiary/aromatic N) is 4. The van der Waals surface area contributed by atoms with Crippen LogP contribution >= 0.6 is 0 Å². The van der Waals surface area contributed by atoms with E-state index in [1.807, 2.05) is 0 Å². The third-order valence-electron chi connectivity index (χ3n) is 8.25. The van der Waals surface area contributed by atoms with Crippen molar-refractivity contribution in [3.05, 3.63) is 88.0 Å². The van der Waals surface area contributed by atoms with Gasteiger partial charge in [-0.1, -0.05) is 26.2 Å². The number of hydrogen-bond donors (Lipinski definition) is 15. The highest BCUT2D eigenvalue weighted by Crippen LogP contribution is 2.23. The zero-order valence-electron chi connectivity index (χ0n) is 33.6. The van der Waals surface area contributed by atoms with Crippen LogP contribution in [0.5, 0.6) is 0 Å². The van der Waals surface area contributed by atoms with Crippen molar-refractivity contribution in [3.8, 4) is 0 Å². The quantitative estimate of drug-likeness (QED) is 0.0383. The summed E-state index contributed by atoms with van der Waals surface area (Å²) in [6.07, 6.45) is 4.04. The molecule has 59 heavy (non-hydrogen) atoms. The summed E-state index contributed by atoms with van der Waals surface area (Å²) in [6.45, 7) is 9.49. The lowest BCUT2D eigenvalue weighted by Gasteiger charge is -2.15. The summed E-state index contributed by atoms with van der Waals surface area (Å²) in [5, 5.41) is 55.6. The molecule has 3 aromatic carbocycles. The molecule has 21 heteroatoms. The van der Waals surface area contributed by atoms with E-state index < -0.39 is 11.8 Å². The molecule has 0 aliphatic carbocycles. The largest absolute Gasteiger partial charge is 0.385 e. The Balaban J connectivity index is 2.09. The van der Waals surface area contributed by atoms with Gasteiger partial charge in [0.05, 0.1) is 22.8 Å². The van der Waals surface area contributed by atoms with Crippen LogP contribution in [0.4, 0.5) is 17.1 Å². The molecule has 0 spiro atoms. The van der Waals surface area contributed by atoms with E-state index in [2.05, 4.69) is 65.0 Å². The van der Waals surface area contributed by atoms with Crippen LogP contribution in [0.1, 0.15) is 103 Å². The number of carbonyl (C=O) groups is 2. The topological polar surface area (TPSA) is 367 Å². The molecule has 0 fully saturated rings. The molecule has 0 saturated heterocycles. The Morgan fingerprint density at radius 3 is 1.08 bits per heavy atom. The molecular weight excluding hydrogens is 755 g/mol. The number of unbranched alkanes of at least 4 members (excludes halogenated alkanes) is 3. The highest BCUT2D eigenvalue weighted by Gasteiger charge is 2.17. The van der Waals surface area contributed by atoms with Gasteiger partial charge in [0.15, 0.2) is 0 Å². The summed E-state index contributed by atoms with van der Waals surface area (Å²) in [5.41, 5.74) is 37.0. The van der Waals surface area contributed by atoms with Gasteiger partial charge in [-0.2, -0.15) is 20.4 Å². The maximum absolute atomic E-state index is 14.0. The van der Waals surface area contributed by atoms with E-state index in [0.717, 1.165) is 25.7 Å². The number of hydrogen-bond acceptors (Lipinski definition) is 11. The molecule has 0 aliphatic rings. The van der Waals surface area contributed by atoms with Gasteiger partial charge in [-0.3, -0.25) is 31.2 Å². The Morgan fingerprint density at radius 1 is 0.475 bits per heavy atom. The van der Waals surface area contributed by atoms with Crippen molar-refractivity contribution in [2.45, 2.75) is 60.3 Å². The van der Waals surface area contributed by atoms with Crippen LogP contribution in [-0.2, 0) is 0 Å². The van der Waals surface area contributed by atoms with Crippen LogP contribution in [0.25, 0.3) is 0 Å². The number of hydrazone groups is 4. The monoisotopic (exact) mass is 807 g/mol. The maximum Gasteiger partial charge on any atom is 0.255 e. The summed E-state index contributed by atoms with van der Waals surface area (Å²) in [6, 6.07) is 15.0. The number of nitrogens with one attached hydrogen (secondary N) is 11. The number of benzene rings is 3. The minimum absolute atomic E-state index is 0.180. The molecule has 19 N–H and O–H groups in total. The number of amides is 2. The number of guanidine groups is 4. The fraction of sp³-hybridized carbons (Fsp3) is 0.263. The van der Waals surface area contributed by atoms with Gasteiger partial charge < -0.3 is 38.9 Å². The van der Waals surface area contributed by atoms with E-state index in [-0.39, 0.29) is 35.0 Å². The molecule has 0 unspecified atom stereocenters. The zero-order chi connectivity index (χ0) is 43.6. The van der Waals surface area contributed by atoms with E-state index in [0.29, 0.717) is 68.7 Å². The molecular formula is C38H53N19O2. The van der Waals surface area contributed by atoms with Gasteiger partial charge in [0.25, 0.3) is 11.8 Å². The molecule has 3 rings (SSSR count). The smallest absolute Gasteiger partial charge is 0.255 e. The van der Waals surface area contributed by atoms with Crippen molar-refractivity contribution in [2.75, 3.05) is 22.5 Å². The van der Waals surface area contributed by atoms with Crippen molar-refractivity contribution in [1.29, 1.82) is 21.6 Å². The molecule has 0 heterocycles. The Hall–Kier alpha value is -7.84. The van der Waals surface area contributed by atoms with E-state index >= 15 is 0 Å². The summed E-state index contributed by atoms with van der Waals surface area (Å²) in [5.74, 6) is -2.49.